The molecule has 0 bridgehead atoms. The first-order valence-electron chi connectivity index (χ1n) is 6.81. The zero-order chi connectivity index (χ0) is 14.8. The van der Waals surface area contributed by atoms with E-state index in [1.807, 2.05) is 11.8 Å². The van der Waals surface area contributed by atoms with Crippen molar-refractivity contribution >= 4 is 17.5 Å². The first-order chi connectivity index (χ1) is 9.50. The van der Waals surface area contributed by atoms with Gasteiger partial charge in [-0.2, -0.15) is 0 Å². The van der Waals surface area contributed by atoms with Crippen LogP contribution in [0.5, 0.6) is 0 Å². The van der Waals surface area contributed by atoms with E-state index in [1.165, 1.54) is 6.33 Å². The van der Waals surface area contributed by atoms with Crippen molar-refractivity contribution in [2.24, 2.45) is 5.41 Å². The number of nitrogens with zero attached hydrogens (tertiary/aromatic N) is 2. The van der Waals surface area contributed by atoms with Gasteiger partial charge < -0.3 is 20.7 Å². The predicted molar refractivity (Wildman–Crippen MR) is 75.7 cm³/mol. The Kier molecular flexibility index (Phi) is 3.96. The van der Waals surface area contributed by atoms with Crippen LogP contribution < -0.4 is 16.2 Å². The van der Waals surface area contributed by atoms with Gasteiger partial charge in [-0.25, -0.2) is 4.98 Å². The van der Waals surface area contributed by atoms with Gasteiger partial charge in [0.25, 0.3) is 5.56 Å². The standard InChI is InChI=1S/C13H20N4O3/c1-2-4-13(12(19)20)5-3-6-17(7-13)10-9(14)11(18)16-8-15-10/h8H,2-7,14H2,1H3,(H,19,20)(H,15,16,18). The van der Waals surface area contributed by atoms with Crippen molar-refractivity contribution in [2.45, 2.75) is 32.6 Å². The molecule has 1 fully saturated rings. The number of anilines is 2. The third-order valence-electron chi connectivity index (χ3n) is 3.93. The van der Waals surface area contributed by atoms with Gasteiger partial charge in [-0.05, 0) is 19.3 Å². The van der Waals surface area contributed by atoms with Gasteiger partial charge in [-0.15, -0.1) is 0 Å². The lowest BCUT2D eigenvalue weighted by molar-refractivity contribution is -0.150. The molecule has 0 aromatic carbocycles. The molecule has 0 saturated carbocycles. The zero-order valence-electron chi connectivity index (χ0n) is 11.6. The number of carboxylic acids is 1. The van der Waals surface area contributed by atoms with Crippen molar-refractivity contribution in [3.8, 4) is 0 Å². The molecule has 0 amide bonds. The molecular formula is C13H20N4O3. The van der Waals surface area contributed by atoms with Gasteiger partial charge in [-0.3, -0.25) is 9.59 Å². The van der Waals surface area contributed by atoms with Gasteiger partial charge >= 0.3 is 5.97 Å². The highest BCUT2D eigenvalue weighted by atomic mass is 16.4. The summed E-state index contributed by atoms with van der Waals surface area (Å²) in [5.41, 5.74) is 4.64. The Labute approximate surface area is 116 Å². The molecule has 7 heteroatoms. The number of hydrogen-bond donors (Lipinski definition) is 3. The molecule has 0 spiro atoms. The van der Waals surface area contributed by atoms with Crippen molar-refractivity contribution in [1.82, 2.24) is 9.97 Å². The van der Waals surface area contributed by atoms with E-state index in [9.17, 15) is 14.7 Å². The van der Waals surface area contributed by atoms with Gasteiger partial charge in [0.15, 0.2) is 5.82 Å². The maximum Gasteiger partial charge on any atom is 0.311 e. The fourth-order valence-electron chi connectivity index (χ4n) is 2.93. The van der Waals surface area contributed by atoms with Gasteiger partial charge in [0.05, 0.1) is 11.7 Å². The number of aliphatic carboxylic acids is 1. The van der Waals surface area contributed by atoms with Crippen LogP contribution in [0.15, 0.2) is 11.1 Å². The third-order valence-corrected chi connectivity index (χ3v) is 3.93. The monoisotopic (exact) mass is 280 g/mol. The highest BCUT2D eigenvalue weighted by Gasteiger charge is 2.42. The minimum absolute atomic E-state index is 0.0465. The molecule has 4 N–H and O–H groups in total. The first-order valence-corrected chi connectivity index (χ1v) is 6.81. The van der Waals surface area contributed by atoms with E-state index in [2.05, 4.69) is 9.97 Å². The second kappa shape index (κ2) is 5.52. The summed E-state index contributed by atoms with van der Waals surface area (Å²) in [4.78, 5) is 31.5. The molecule has 1 aromatic heterocycles. The van der Waals surface area contributed by atoms with Crippen molar-refractivity contribution in [1.29, 1.82) is 0 Å². The minimum Gasteiger partial charge on any atom is -0.481 e. The second-order valence-corrected chi connectivity index (χ2v) is 5.33. The number of hydrogen-bond acceptors (Lipinski definition) is 5. The third kappa shape index (κ3) is 2.48. The summed E-state index contributed by atoms with van der Waals surface area (Å²) in [6, 6.07) is 0. The molecule has 1 aromatic rings. The molecule has 20 heavy (non-hydrogen) atoms. The average Bonchev–Trinajstić information content (AvgIpc) is 2.42. The lowest BCUT2D eigenvalue weighted by Gasteiger charge is -2.40. The van der Waals surface area contributed by atoms with E-state index in [1.54, 1.807) is 0 Å². The van der Waals surface area contributed by atoms with E-state index in [-0.39, 0.29) is 5.69 Å². The Morgan fingerprint density at radius 3 is 3.05 bits per heavy atom. The molecule has 0 aliphatic carbocycles. The Morgan fingerprint density at radius 1 is 1.65 bits per heavy atom. The largest absolute Gasteiger partial charge is 0.481 e. The summed E-state index contributed by atoms with van der Waals surface area (Å²) >= 11 is 0. The van der Waals surface area contributed by atoms with Crippen molar-refractivity contribution < 1.29 is 9.90 Å². The van der Waals surface area contributed by atoms with Gasteiger partial charge in [-0.1, -0.05) is 13.3 Å². The van der Waals surface area contributed by atoms with E-state index in [0.717, 1.165) is 12.8 Å². The Bertz CT molecular complexity index is 553. The zero-order valence-corrected chi connectivity index (χ0v) is 11.6. The lowest BCUT2D eigenvalue weighted by Crippen LogP contribution is -2.48. The number of carbonyl (C=O) groups is 1. The van der Waals surface area contributed by atoms with E-state index < -0.39 is 16.9 Å². The first kappa shape index (κ1) is 14.4. The number of H-pyrrole nitrogens is 1. The fourth-order valence-corrected chi connectivity index (χ4v) is 2.93. The molecule has 110 valence electrons. The van der Waals surface area contributed by atoms with Crippen molar-refractivity contribution in [3.63, 3.8) is 0 Å². The molecule has 2 heterocycles. The number of nitrogens with two attached hydrogens (primary N) is 1. The Hall–Kier alpha value is -2.05. The van der Waals surface area contributed by atoms with Crippen LogP contribution in [0, 0.1) is 5.41 Å². The number of rotatable bonds is 4. The highest BCUT2D eigenvalue weighted by molar-refractivity contribution is 5.76. The maximum absolute atomic E-state index is 11.6. The number of aromatic nitrogens is 2. The second-order valence-electron chi connectivity index (χ2n) is 5.33. The summed E-state index contributed by atoms with van der Waals surface area (Å²) in [5, 5.41) is 9.56. The van der Waals surface area contributed by atoms with E-state index >= 15 is 0 Å². The summed E-state index contributed by atoms with van der Waals surface area (Å²) in [5.74, 6) is -0.400. The minimum atomic E-state index is -0.785. The van der Waals surface area contributed by atoms with Crippen molar-refractivity contribution in [3.05, 3.63) is 16.7 Å². The molecule has 1 atom stereocenters. The molecule has 1 aliphatic rings. The fraction of sp³-hybridized carbons (Fsp3) is 0.615. The molecular weight excluding hydrogens is 260 g/mol. The normalized spacial score (nSPS) is 22.8. The highest BCUT2D eigenvalue weighted by Crippen LogP contribution is 2.37. The Balaban J connectivity index is 2.32. The SMILES string of the molecule is CCCC1(C(=O)O)CCCN(c2nc[nH]c(=O)c2N)C1. The summed E-state index contributed by atoms with van der Waals surface area (Å²) in [6.45, 7) is 2.99. The maximum atomic E-state index is 11.6. The molecule has 1 saturated heterocycles. The van der Waals surface area contributed by atoms with E-state index in [4.69, 9.17) is 5.73 Å². The number of aromatic amines is 1. The number of nitrogens with one attached hydrogen (secondary N) is 1. The molecule has 0 radical (unpaired) electrons. The molecule has 1 aliphatic heterocycles. The Morgan fingerprint density at radius 2 is 2.40 bits per heavy atom. The van der Waals surface area contributed by atoms with Crippen LogP contribution in [0.3, 0.4) is 0 Å². The summed E-state index contributed by atoms with van der Waals surface area (Å²) < 4.78 is 0. The van der Waals surface area contributed by atoms with Crippen molar-refractivity contribution in [2.75, 3.05) is 23.7 Å². The smallest absolute Gasteiger partial charge is 0.311 e. The molecule has 1 unspecified atom stereocenters. The van der Waals surface area contributed by atoms with Gasteiger partial charge in [0.2, 0.25) is 0 Å². The number of nitrogen functional groups attached to an aromatic ring is 1. The van der Waals surface area contributed by atoms with Crippen LogP contribution in [0.2, 0.25) is 0 Å². The van der Waals surface area contributed by atoms with E-state index in [0.29, 0.717) is 31.7 Å². The van der Waals surface area contributed by atoms with Crippen LogP contribution >= 0.6 is 0 Å². The van der Waals surface area contributed by atoms with Gasteiger partial charge in [0, 0.05) is 13.1 Å². The predicted octanol–water partition coefficient (Wildman–Crippen LogP) is 0.823. The number of carboxylic acid groups (broad SMARTS) is 1. The molecule has 7 nitrogen and oxygen atoms in total. The topological polar surface area (TPSA) is 112 Å². The number of piperidine rings is 1. The lowest BCUT2D eigenvalue weighted by atomic mass is 9.76. The quantitative estimate of drug-likeness (QED) is 0.752. The van der Waals surface area contributed by atoms with Crippen LogP contribution in [0.25, 0.3) is 0 Å². The van der Waals surface area contributed by atoms with Crippen LogP contribution in [0.4, 0.5) is 11.5 Å². The summed E-state index contributed by atoms with van der Waals surface area (Å²) in [7, 11) is 0. The summed E-state index contributed by atoms with van der Waals surface area (Å²) in [6.07, 6.45) is 4.11. The van der Waals surface area contributed by atoms with Crippen LogP contribution in [0.1, 0.15) is 32.6 Å². The van der Waals surface area contributed by atoms with Crippen LogP contribution in [-0.2, 0) is 4.79 Å². The van der Waals surface area contributed by atoms with Crippen LogP contribution in [-0.4, -0.2) is 34.1 Å². The average molecular weight is 280 g/mol. The molecule has 2 rings (SSSR count). The van der Waals surface area contributed by atoms with Gasteiger partial charge in [0.1, 0.15) is 5.69 Å².